The first-order valence-corrected chi connectivity index (χ1v) is 8.43. The van der Waals surface area contributed by atoms with E-state index in [-0.39, 0.29) is 0 Å². The number of hydrogen-bond acceptors (Lipinski definition) is 6. The number of ether oxygens (including phenoxy) is 1. The van der Waals surface area contributed by atoms with E-state index in [1.807, 2.05) is 11.1 Å². The molecule has 1 atom stereocenters. The number of amides is 1. The number of nitrogens with one attached hydrogen (secondary N) is 2. The molecular weight excluding hydrogens is 320 g/mol. The number of benzene rings is 1. The quantitative estimate of drug-likeness (QED) is 0.371. The lowest BCUT2D eigenvalue weighted by molar-refractivity contribution is -0.109. The zero-order valence-electron chi connectivity index (χ0n) is 14.6. The summed E-state index contributed by atoms with van der Waals surface area (Å²) in [6, 6.07) is 7.17. The molecule has 1 saturated heterocycles. The van der Waals surface area contributed by atoms with E-state index < -0.39 is 0 Å². The molecule has 2 heterocycles. The lowest BCUT2D eigenvalue weighted by Gasteiger charge is -2.38. The van der Waals surface area contributed by atoms with Crippen LogP contribution in [0.25, 0.3) is 0 Å². The van der Waals surface area contributed by atoms with E-state index in [1.54, 1.807) is 7.11 Å². The highest BCUT2D eigenvalue weighted by atomic mass is 16.5. The fourth-order valence-corrected chi connectivity index (χ4v) is 3.20. The molecule has 0 bridgehead atoms. The molecule has 1 fully saturated rings. The number of aliphatic imine (C=N–C) groups is 1. The third-order valence-corrected chi connectivity index (χ3v) is 4.65. The first kappa shape index (κ1) is 17.2. The Morgan fingerprint density at radius 1 is 1.40 bits per heavy atom. The van der Waals surface area contributed by atoms with Crippen molar-refractivity contribution in [3.8, 4) is 0 Å². The Labute approximate surface area is 147 Å². The molecule has 0 spiro atoms. The van der Waals surface area contributed by atoms with Gasteiger partial charge in [-0.3, -0.25) is 14.7 Å². The zero-order chi connectivity index (χ0) is 17.6. The molecule has 25 heavy (non-hydrogen) atoms. The van der Waals surface area contributed by atoms with Crippen LogP contribution in [0.15, 0.2) is 28.3 Å². The van der Waals surface area contributed by atoms with Crippen LogP contribution in [-0.4, -0.2) is 68.3 Å². The van der Waals surface area contributed by atoms with Gasteiger partial charge in [0, 0.05) is 38.4 Å². The molecule has 1 aromatic carbocycles. The number of rotatable bonds is 4. The fourth-order valence-electron chi connectivity index (χ4n) is 3.20. The molecule has 0 aliphatic carbocycles. The van der Waals surface area contributed by atoms with Crippen LogP contribution in [0.5, 0.6) is 0 Å². The van der Waals surface area contributed by atoms with Crippen molar-refractivity contribution >= 4 is 30.0 Å². The maximum atomic E-state index is 10.4. The lowest BCUT2D eigenvalue weighted by atomic mass is 10.0. The van der Waals surface area contributed by atoms with Crippen LogP contribution >= 0.6 is 0 Å². The third-order valence-electron chi connectivity index (χ3n) is 4.65. The Balaban J connectivity index is 1.63. The zero-order valence-corrected chi connectivity index (χ0v) is 14.6. The number of carbonyl (C=O) groups is 1. The number of carbonyl (C=O) groups excluding carboxylic acids is 1. The van der Waals surface area contributed by atoms with E-state index in [1.165, 1.54) is 5.56 Å². The number of methoxy groups -OCH3 is 1. The van der Waals surface area contributed by atoms with Crippen LogP contribution in [-0.2, 0) is 9.53 Å². The second-order valence-electron chi connectivity index (χ2n) is 6.01. The van der Waals surface area contributed by atoms with Gasteiger partial charge in [0.25, 0.3) is 0 Å². The predicted octanol–water partition coefficient (Wildman–Crippen LogP) is 1.16. The van der Waals surface area contributed by atoms with Gasteiger partial charge in [-0.2, -0.15) is 0 Å². The van der Waals surface area contributed by atoms with Gasteiger partial charge in [0.15, 0.2) is 0 Å². The number of amidine groups is 1. The molecule has 134 valence electrons. The molecule has 1 amide bonds. The van der Waals surface area contributed by atoms with Crippen LogP contribution in [0.3, 0.4) is 0 Å². The third kappa shape index (κ3) is 3.90. The number of hydrogen-bond donors (Lipinski definition) is 2. The molecule has 8 nitrogen and oxygen atoms in total. The van der Waals surface area contributed by atoms with Gasteiger partial charge >= 0.3 is 6.02 Å². The Hall–Kier alpha value is -2.61. The Morgan fingerprint density at radius 2 is 2.20 bits per heavy atom. The maximum Gasteiger partial charge on any atom is 0.309 e. The summed E-state index contributed by atoms with van der Waals surface area (Å²) in [6.07, 6.45) is 2.43. The van der Waals surface area contributed by atoms with Crippen LogP contribution in [0, 0.1) is 0 Å². The highest BCUT2D eigenvalue weighted by Crippen LogP contribution is 2.32. The highest BCUT2D eigenvalue weighted by Gasteiger charge is 2.25. The van der Waals surface area contributed by atoms with Crippen LogP contribution in [0.2, 0.25) is 0 Å². The van der Waals surface area contributed by atoms with Crippen LogP contribution < -0.4 is 10.7 Å². The highest BCUT2D eigenvalue weighted by molar-refractivity contribution is 5.80. The topological polar surface area (TPSA) is 81.6 Å². The second kappa shape index (κ2) is 7.98. The minimum Gasteiger partial charge on any atom is -0.467 e. The Bertz CT molecular complexity index is 667. The Morgan fingerprint density at radius 3 is 2.92 bits per heavy atom. The first-order chi connectivity index (χ1) is 12.2. The molecule has 0 aromatic heterocycles. The summed E-state index contributed by atoms with van der Waals surface area (Å²) in [7, 11) is 1.56. The summed E-state index contributed by atoms with van der Waals surface area (Å²) >= 11 is 0. The maximum absolute atomic E-state index is 10.4. The van der Waals surface area contributed by atoms with Crippen molar-refractivity contribution in [1.29, 1.82) is 0 Å². The summed E-state index contributed by atoms with van der Waals surface area (Å²) in [5.74, 6) is 0. The molecule has 2 aliphatic rings. The predicted molar refractivity (Wildman–Crippen MR) is 98.3 cm³/mol. The average Bonchev–Trinajstić information content (AvgIpc) is 2.68. The molecule has 2 N–H and O–H groups in total. The summed E-state index contributed by atoms with van der Waals surface area (Å²) in [5, 5.41) is 7.24. The molecule has 0 saturated carbocycles. The number of nitrogens with zero attached hydrogens (tertiary/aromatic N) is 4. The normalized spacial score (nSPS) is 19.0. The van der Waals surface area contributed by atoms with Crippen molar-refractivity contribution in [3.05, 3.63) is 23.8 Å². The monoisotopic (exact) mass is 344 g/mol. The van der Waals surface area contributed by atoms with Gasteiger partial charge in [0.2, 0.25) is 6.41 Å². The van der Waals surface area contributed by atoms with Gasteiger partial charge in [0.05, 0.1) is 25.0 Å². The van der Waals surface area contributed by atoms with Gasteiger partial charge in [-0.15, -0.1) is 5.10 Å². The van der Waals surface area contributed by atoms with Crippen molar-refractivity contribution in [2.24, 2.45) is 10.1 Å². The molecule has 0 radical (unpaired) electrons. The van der Waals surface area contributed by atoms with Crippen molar-refractivity contribution < 1.29 is 9.53 Å². The molecule has 2 aliphatic heterocycles. The van der Waals surface area contributed by atoms with Gasteiger partial charge in [0.1, 0.15) is 0 Å². The van der Waals surface area contributed by atoms with Crippen molar-refractivity contribution in [1.82, 2.24) is 15.2 Å². The summed E-state index contributed by atoms with van der Waals surface area (Å²) < 4.78 is 5.25. The van der Waals surface area contributed by atoms with Crippen LogP contribution in [0.4, 0.5) is 11.4 Å². The van der Waals surface area contributed by atoms with Crippen molar-refractivity contribution in [3.63, 3.8) is 0 Å². The van der Waals surface area contributed by atoms with E-state index >= 15 is 0 Å². The summed E-state index contributed by atoms with van der Waals surface area (Å²) in [6.45, 7) is 6.37. The molecule has 1 aromatic rings. The molecule has 1 unspecified atom stereocenters. The number of hydrazone groups is 1. The van der Waals surface area contributed by atoms with Gasteiger partial charge < -0.3 is 15.0 Å². The van der Waals surface area contributed by atoms with Gasteiger partial charge in [-0.25, -0.2) is 5.43 Å². The molecule has 3 rings (SSSR count). The Kier molecular flexibility index (Phi) is 5.49. The largest absolute Gasteiger partial charge is 0.467 e. The number of fused-ring (bicyclic) bond motifs is 1. The van der Waals surface area contributed by atoms with Crippen LogP contribution in [0.1, 0.15) is 18.5 Å². The van der Waals surface area contributed by atoms with Gasteiger partial charge in [-0.1, -0.05) is 6.07 Å². The van der Waals surface area contributed by atoms with E-state index in [0.29, 0.717) is 18.5 Å². The summed E-state index contributed by atoms with van der Waals surface area (Å²) in [5.41, 5.74) is 5.65. The van der Waals surface area contributed by atoms with Gasteiger partial charge in [-0.05, 0) is 24.6 Å². The first-order valence-electron chi connectivity index (χ1n) is 8.43. The van der Waals surface area contributed by atoms with Crippen molar-refractivity contribution in [2.45, 2.75) is 13.0 Å². The summed E-state index contributed by atoms with van der Waals surface area (Å²) in [4.78, 5) is 19.3. The second-order valence-corrected chi connectivity index (χ2v) is 6.01. The van der Waals surface area contributed by atoms with E-state index in [0.717, 1.165) is 44.1 Å². The molecular formula is C17H24N6O2. The minimum atomic E-state index is 0.306. The fraction of sp³-hybridized carbons (Fsp3) is 0.471. The smallest absolute Gasteiger partial charge is 0.309 e. The van der Waals surface area contributed by atoms with Crippen molar-refractivity contribution in [2.75, 3.05) is 45.2 Å². The van der Waals surface area contributed by atoms with E-state index in [4.69, 9.17) is 4.74 Å². The molecule has 8 heteroatoms. The number of anilines is 1. The lowest BCUT2D eigenvalue weighted by Crippen LogP contribution is -2.50. The minimum absolute atomic E-state index is 0.306. The average molecular weight is 344 g/mol. The van der Waals surface area contributed by atoms with E-state index in [9.17, 15) is 4.79 Å². The standard InChI is InChI=1S/C17H24N6O2/c1-13(14-3-4-15-16(11-14)19-6-5-18-15)22-7-9-23(10-8-22)17(25-2)21-20-12-24/h3-4,6,11-13,18H,5,7-10H2,1-2H3,(H,20,24)/b21-17-. The number of piperazine rings is 1. The van der Waals surface area contributed by atoms with E-state index in [2.05, 4.69) is 50.9 Å². The SMILES string of the molecule is CO/C(=N\NC=O)N1CCN(C(C)c2ccc3c(c2)N=CCN3)CC1.